The van der Waals surface area contributed by atoms with E-state index < -0.39 is 10.0 Å². The molecule has 6 heteroatoms. The van der Waals surface area contributed by atoms with Gasteiger partial charge in [0.2, 0.25) is 10.0 Å². The third kappa shape index (κ3) is 3.33. The van der Waals surface area contributed by atoms with Gasteiger partial charge in [-0.25, -0.2) is 12.7 Å². The summed E-state index contributed by atoms with van der Waals surface area (Å²) < 4.78 is 25.6. The van der Waals surface area contributed by atoms with E-state index in [0.29, 0.717) is 5.56 Å². The van der Waals surface area contributed by atoms with Crippen molar-refractivity contribution in [3.63, 3.8) is 0 Å². The highest BCUT2D eigenvalue weighted by molar-refractivity contribution is 7.89. The quantitative estimate of drug-likeness (QED) is 0.854. The fourth-order valence-corrected chi connectivity index (χ4v) is 3.81. The molecule has 0 N–H and O–H groups in total. The molecule has 1 aromatic rings. The van der Waals surface area contributed by atoms with Crippen molar-refractivity contribution in [1.82, 2.24) is 9.21 Å². The Labute approximate surface area is 133 Å². The van der Waals surface area contributed by atoms with Gasteiger partial charge >= 0.3 is 0 Å². The summed E-state index contributed by atoms with van der Waals surface area (Å²) in [4.78, 5) is 14.8. The molecule has 1 saturated heterocycles. The standard InChI is InChI=1S/C16H24N2O3S/c1-4-14-9-5-6-11-18(14)16(19)13-8-7-10-15(12-13)22(20,21)17(2)3/h7-8,10,12,14H,4-6,9,11H2,1-3H3. The average molecular weight is 324 g/mol. The van der Waals surface area contributed by atoms with Gasteiger partial charge in [-0.15, -0.1) is 0 Å². The number of piperidine rings is 1. The first-order valence-corrected chi connectivity index (χ1v) is 9.15. The minimum atomic E-state index is -3.52. The Bertz CT molecular complexity index is 641. The van der Waals surface area contributed by atoms with Crippen molar-refractivity contribution in [2.24, 2.45) is 0 Å². The van der Waals surface area contributed by atoms with E-state index in [1.807, 2.05) is 4.90 Å². The predicted octanol–water partition coefficient (Wildman–Crippen LogP) is 2.34. The molecule has 1 fully saturated rings. The molecule has 0 spiro atoms. The highest BCUT2D eigenvalue weighted by Gasteiger charge is 2.27. The Morgan fingerprint density at radius 1 is 1.32 bits per heavy atom. The van der Waals surface area contributed by atoms with Gasteiger partial charge in [0.05, 0.1) is 4.90 Å². The van der Waals surface area contributed by atoms with Crippen molar-refractivity contribution in [1.29, 1.82) is 0 Å². The summed E-state index contributed by atoms with van der Waals surface area (Å²) in [7, 11) is -0.545. The molecule has 122 valence electrons. The summed E-state index contributed by atoms with van der Waals surface area (Å²) in [5, 5.41) is 0. The second-order valence-corrected chi connectivity index (χ2v) is 8.02. The van der Waals surface area contributed by atoms with Crippen LogP contribution in [0.1, 0.15) is 43.0 Å². The third-order valence-corrected chi connectivity index (χ3v) is 6.03. The topological polar surface area (TPSA) is 57.7 Å². The first-order valence-electron chi connectivity index (χ1n) is 7.71. The molecule has 2 rings (SSSR count). The number of hydrogen-bond acceptors (Lipinski definition) is 3. The first-order chi connectivity index (χ1) is 10.4. The molecule has 0 bridgehead atoms. The number of hydrogen-bond donors (Lipinski definition) is 0. The van der Waals surface area contributed by atoms with Crippen LogP contribution in [0.25, 0.3) is 0 Å². The van der Waals surface area contributed by atoms with E-state index >= 15 is 0 Å². The lowest BCUT2D eigenvalue weighted by atomic mass is 9.99. The van der Waals surface area contributed by atoms with Gasteiger partial charge in [-0.05, 0) is 43.9 Å². The van der Waals surface area contributed by atoms with Crippen molar-refractivity contribution in [2.75, 3.05) is 20.6 Å². The van der Waals surface area contributed by atoms with Gasteiger partial charge in [0.15, 0.2) is 0 Å². The van der Waals surface area contributed by atoms with Gasteiger partial charge in [-0.2, -0.15) is 0 Å². The zero-order valence-corrected chi connectivity index (χ0v) is 14.3. The average Bonchev–Trinajstić information content (AvgIpc) is 2.54. The number of carbonyl (C=O) groups is 1. The summed E-state index contributed by atoms with van der Waals surface area (Å²) in [5.41, 5.74) is 0.447. The maximum atomic E-state index is 12.7. The van der Waals surface area contributed by atoms with Crippen LogP contribution in [0, 0.1) is 0 Å². The van der Waals surface area contributed by atoms with Gasteiger partial charge in [-0.3, -0.25) is 4.79 Å². The summed E-state index contributed by atoms with van der Waals surface area (Å²) >= 11 is 0. The number of sulfonamides is 1. The molecule has 0 aromatic heterocycles. The summed E-state index contributed by atoms with van der Waals surface area (Å²) in [6, 6.07) is 6.60. The summed E-state index contributed by atoms with van der Waals surface area (Å²) in [6.07, 6.45) is 4.12. The predicted molar refractivity (Wildman–Crippen MR) is 86.3 cm³/mol. The molecule has 1 aliphatic rings. The van der Waals surface area contributed by atoms with Gasteiger partial charge < -0.3 is 4.90 Å². The van der Waals surface area contributed by atoms with Crippen LogP contribution >= 0.6 is 0 Å². The third-order valence-electron chi connectivity index (χ3n) is 4.22. The Morgan fingerprint density at radius 2 is 2.05 bits per heavy atom. The molecule has 1 amide bonds. The van der Waals surface area contributed by atoms with Crippen LogP contribution in [0.15, 0.2) is 29.2 Å². The molecular formula is C16H24N2O3S. The number of nitrogens with zero attached hydrogens (tertiary/aromatic N) is 2. The van der Waals surface area contributed by atoms with Crippen molar-refractivity contribution < 1.29 is 13.2 Å². The van der Waals surface area contributed by atoms with Crippen LogP contribution < -0.4 is 0 Å². The molecule has 22 heavy (non-hydrogen) atoms. The maximum Gasteiger partial charge on any atom is 0.254 e. The van der Waals surface area contributed by atoms with Gasteiger partial charge in [-0.1, -0.05) is 13.0 Å². The summed E-state index contributed by atoms with van der Waals surface area (Å²) in [6.45, 7) is 2.84. The van der Waals surface area contributed by atoms with Gasteiger partial charge in [0.25, 0.3) is 5.91 Å². The SMILES string of the molecule is CCC1CCCCN1C(=O)c1cccc(S(=O)(=O)N(C)C)c1. The second kappa shape index (κ2) is 6.79. The van der Waals surface area contributed by atoms with Crippen molar-refractivity contribution in [3.8, 4) is 0 Å². The highest BCUT2D eigenvalue weighted by atomic mass is 32.2. The molecule has 0 saturated carbocycles. The van der Waals surface area contributed by atoms with E-state index in [9.17, 15) is 13.2 Å². The molecule has 0 radical (unpaired) electrons. The minimum Gasteiger partial charge on any atom is -0.336 e. The smallest absolute Gasteiger partial charge is 0.254 e. The lowest BCUT2D eigenvalue weighted by molar-refractivity contribution is 0.0608. The fraction of sp³-hybridized carbons (Fsp3) is 0.562. The summed E-state index contributed by atoms with van der Waals surface area (Å²) in [5.74, 6) is -0.0673. The largest absolute Gasteiger partial charge is 0.336 e. The van der Waals surface area contributed by atoms with Crippen LogP contribution in [0.3, 0.4) is 0 Å². The van der Waals surface area contributed by atoms with E-state index in [1.54, 1.807) is 12.1 Å². The molecule has 1 aromatic carbocycles. The van der Waals surface area contributed by atoms with Crippen molar-refractivity contribution in [3.05, 3.63) is 29.8 Å². The molecule has 1 heterocycles. The van der Waals surface area contributed by atoms with Crippen LogP contribution in [-0.4, -0.2) is 50.2 Å². The lowest BCUT2D eigenvalue weighted by Crippen LogP contribution is -2.43. The first kappa shape index (κ1) is 17.0. The van der Waals surface area contributed by atoms with Crippen LogP contribution in [-0.2, 0) is 10.0 Å². The van der Waals surface area contributed by atoms with Gasteiger partial charge in [0, 0.05) is 32.2 Å². The Balaban J connectivity index is 2.31. The highest BCUT2D eigenvalue weighted by Crippen LogP contribution is 2.23. The minimum absolute atomic E-state index is 0.0673. The van der Waals surface area contributed by atoms with Crippen molar-refractivity contribution >= 4 is 15.9 Å². The maximum absolute atomic E-state index is 12.7. The number of benzene rings is 1. The zero-order valence-electron chi connectivity index (χ0n) is 13.4. The second-order valence-electron chi connectivity index (χ2n) is 5.87. The monoisotopic (exact) mass is 324 g/mol. The zero-order chi connectivity index (χ0) is 16.3. The molecule has 1 unspecified atom stereocenters. The van der Waals surface area contributed by atoms with Gasteiger partial charge in [0.1, 0.15) is 0 Å². The molecular weight excluding hydrogens is 300 g/mol. The van der Waals surface area contributed by atoms with Crippen LogP contribution in [0.4, 0.5) is 0 Å². The Kier molecular flexibility index (Phi) is 5.24. The molecule has 0 aliphatic carbocycles. The van der Waals surface area contributed by atoms with E-state index in [1.165, 1.54) is 26.2 Å². The number of likely N-dealkylation sites (tertiary alicyclic amines) is 1. The van der Waals surface area contributed by atoms with E-state index in [2.05, 4.69) is 6.92 Å². The Hall–Kier alpha value is -1.40. The van der Waals surface area contributed by atoms with E-state index in [4.69, 9.17) is 0 Å². The van der Waals surface area contributed by atoms with E-state index in [-0.39, 0.29) is 16.8 Å². The van der Waals surface area contributed by atoms with Crippen molar-refractivity contribution in [2.45, 2.75) is 43.5 Å². The Morgan fingerprint density at radius 3 is 2.68 bits per heavy atom. The van der Waals surface area contributed by atoms with Crippen LogP contribution in [0.2, 0.25) is 0 Å². The lowest BCUT2D eigenvalue weighted by Gasteiger charge is -2.35. The van der Waals surface area contributed by atoms with E-state index in [0.717, 1.165) is 36.5 Å². The number of carbonyl (C=O) groups excluding carboxylic acids is 1. The molecule has 1 aliphatic heterocycles. The molecule has 5 nitrogen and oxygen atoms in total. The normalized spacial score (nSPS) is 19.5. The molecule has 1 atom stereocenters. The fourth-order valence-electron chi connectivity index (χ4n) is 2.86. The number of rotatable bonds is 4. The number of amides is 1. The van der Waals surface area contributed by atoms with Crippen LogP contribution in [0.5, 0.6) is 0 Å².